The Hall–Kier alpha value is -0.0800. The molecule has 1 aliphatic heterocycles. The zero-order valence-electron chi connectivity index (χ0n) is 12.3. The molecule has 1 N–H and O–H groups in total. The topological polar surface area (TPSA) is 15.3 Å². The van der Waals surface area contributed by atoms with E-state index in [0.717, 1.165) is 12.5 Å². The van der Waals surface area contributed by atoms with E-state index in [2.05, 4.69) is 37.9 Å². The normalized spacial score (nSPS) is 26.5. The Labute approximate surface area is 108 Å². The van der Waals surface area contributed by atoms with Crippen molar-refractivity contribution < 1.29 is 0 Å². The molecule has 2 nitrogen and oxygen atoms in total. The van der Waals surface area contributed by atoms with Crippen molar-refractivity contribution in [3.63, 3.8) is 0 Å². The predicted octanol–water partition coefficient (Wildman–Crippen LogP) is 3.28. The maximum atomic E-state index is 3.63. The minimum atomic E-state index is 0.665. The summed E-state index contributed by atoms with van der Waals surface area (Å²) in [6.45, 7) is 13.0. The van der Waals surface area contributed by atoms with Gasteiger partial charge in [-0.25, -0.2) is 0 Å². The van der Waals surface area contributed by atoms with Gasteiger partial charge in [0.05, 0.1) is 0 Å². The van der Waals surface area contributed by atoms with Crippen molar-refractivity contribution in [2.75, 3.05) is 19.6 Å². The Kier molecular flexibility index (Phi) is 7.14. The van der Waals surface area contributed by atoms with Crippen LogP contribution in [0.5, 0.6) is 0 Å². The maximum absolute atomic E-state index is 3.63. The Bertz CT molecular complexity index is 193. The van der Waals surface area contributed by atoms with Crippen molar-refractivity contribution in [2.45, 2.75) is 71.9 Å². The lowest BCUT2D eigenvalue weighted by molar-refractivity contribution is 0.171. The van der Waals surface area contributed by atoms with Gasteiger partial charge >= 0.3 is 0 Å². The van der Waals surface area contributed by atoms with E-state index in [4.69, 9.17) is 0 Å². The quantitative estimate of drug-likeness (QED) is 0.766. The highest BCUT2D eigenvalue weighted by Gasteiger charge is 2.24. The molecule has 17 heavy (non-hydrogen) atoms. The molecule has 0 bridgehead atoms. The van der Waals surface area contributed by atoms with Crippen LogP contribution < -0.4 is 5.32 Å². The third kappa shape index (κ3) is 4.59. The first kappa shape index (κ1) is 15.0. The molecule has 0 saturated carbocycles. The molecular weight excluding hydrogens is 208 g/mol. The van der Waals surface area contributed by atoms with Crippen molar-refractivity contribution in [3.8, 4) is 0 Å². The molecule has 1 fully saturated rings. The van der Waals surface area contributed by atoms with Crippen molar-refractivity contribution in [1.82, 2.24) is 10.2 Å². The molecule has 1 saturated heterocycles. The van der Waals surface area contributed by atoms with E-state index in [1.807, 2.05) is 0 Å². The molecule has 1 rings (SSSR count). The van der Waals surface area contributed by atoms with E-state index < -0.39 is 0 Å². The molecular formula is C15H32N2. The fourth-order valence-corrected chi connectivity index (χ4v) is 3.18. The number of likely N-dealkylation sites (N-methyl/N-ethyl adjacent to an activating group) is 1. The third-order valence-electron chi connectivity index (χ3n) is 4.52. The lowest BCUT2D eigenvalue weighted by Crippen LogP contribution is -2.48. The van der Waals surface area contributed by atoms with Gasteiger partial charge in [-0.15, -0.1) is 0 Å². The van der Waals surface area contributed by atoms with E-state index in [-0.39, 0.29) is 0 Å². The largest absolute Gasteiger partial charge is 0.313 e. The molecule has 0 aromatic carbocycles. The summed E-state index contributed by atoms with van der Waals surface area (Å²) in [5.41, 5.74) is 0. The van der Waals surface area contributed by atoms with Gasteiger partial charge < -0.3 is 5.32 Å². The lowest BCUT2D eigenvalue weighted by Gasteiger charge is -2.34. The molecule has 0 amide bonds. The van der Waals surface area contributed by atoms with Gasteiger partial charge in [-0.05, 0) is 58.2 Å². The molecule has 102 valence electrons. The molecule has 2 heteroatoms. The monoisotopic (exact) mass is 240 g/mol. The van der Waals surface area contributed by atoms with Crippen LogP contribution in [0.4, 0.5) is 0 Å². The molecule has 0 radical (unpaired) electrons. The minimum Gasteiger partial charge on any atom is -0.313 e. The highest BCUT2D eigenvalue weighted by Crippen LogP contribution is 2.22. The van der Waals surface area contributed by atoms with Crippen LogP contribution in [0, 0.1) is 5.92 Å². The summed E-state index contributed by atoms with van der Waals surface area (Å²) >= 11 is 0. The van der Waals surface area contributed by atoms with Gasteiger partial charge in [-0.3, -0.25) is 4.90 Å². The van der Waals surface area contributed by atoms with Crippen LogP contribution in [0.1, 0.15) is 59.8 Å². The van der Waals surface area contributed by atoms with Crippen molar-refractivity contribution >= 4 is 0 Å². The number of hydrogen-bond acceptors (Lipinski definition) is 2. The van der Waals surface area contributed by atoms with Crippen molar-refractivity contribution in [1.29, 1.82) is 0 Å². The molecule has 3 atom stereocenters. The molecule has 0 spiro atoms. The second-order valence-corrected chi connectivity index (χ2v) is 5.55. The molecule has 3 unspecified atom stereocenters. The van der Waals surface area contributed by atoms with E-state index in [9.17, 15) is 0 Å². The summed E-state index contributed by atoms with van der Waals surface area (Å²) < 4.78 is 0. The average molecular weight is 240 g/mol. The van der Waals surface area contributed by atoms with Gasteiger partial charge in [0.15, 0.2) is 0 Å². The van der Waals surface area contributed by atoms with E-state index in [1.165, 1.54) is 45.2 Å². The fraction of sp³-hybridized carbons (Fsp3) is 1.00. The smallest absolute Gasteiger partial charge is 0.0220 e. The lowest BCUT2D eigenvalue weighted by atomic mass is 9.98. The molecule has 1 aliphatic rings. The van der Waals surface area contributed by atoms with Crippen LogP contribution in [0.25, 0.3) is 0 Å². The standard InChI is InChI=1S/C15H32N2/c1-5-14-9-8-11-17(12-10-14)13(4)15(6-2)16-7-3/h13-16H,5-12H2,1-4H3. The Balaban J connectivity index is 2.47. The zero-order chi connectivity index (χ0) is 12.7. The van der Waals surface area contributed by atoms with E-state index in [1.54, 1.807) is 0 Å². The van der Waals surface area contributed by atoms with Gasteiger partial charge in [0.25, 0.3) is 0 Å². The average Bonchev–Trinajstić information content (AvgIpc) is 2.60. The summed E-state index contributed by atoms with van der Waals surface area (Å²) in [5.74, 6) is 0.978. The van der Waals surface area contributed by atoms with Crippen LogP contribution in [0.15, 0.2) is 0 Å². The first-order valence-electron chi connectivity index (χ1n) is 7.70. The Morgan fingerprint density at radius 2 is 1.94 bits per heavy atom. The number of nitrogens with zero attached hydrogens (tertiary/aromatic N) is 1. The fourth-order valence-electron chi connectivity index (χ4n) is 3.18. The third-order valence-corrected chi connectivity index (χ3v) is 4.52. The van der Waals surface area contributed by atoms with Crippen LogP contribution in [0.3, 0.4) is 0 Å². The van der Waals surface area contributed by atoms with Gasteiger partial charge in [0.2, 0.25) is 0 Å². The highest BCUT2D eigenvalue weighted by molar-refractivity contribution is 4.82. The molecule has 0 aromatic heterocycles. The summed E-state index contributed by atoms with van der Waals surface area (Å²) in [7, 11) is 0. The highest BCUT2D eigenvalue weighted by atomic mass is 15.2. The molecule has 0 aromatic rings. The van der Waals surface area contributed by atoms with E-state index in [0.29, 0.717) is 12.1 Å². The first-order valence-corrected chi connectivity index (χ1v) is 7.70. The number of rotatable bonds is 6. The second kappa shape index (κ2) is 8.10. The summed E-state index contributed by atoms with van der Waals surface area (Å²) in [6.07, 6.45) is 6.85. The molecule has 1 heterocycles. The number of likely N-dealkylation sites (tertiary alicyclic amines) is 1. The van der Waals surface area contributed by atoms with Crippen molar-refractivity contribution in [3.05, 3.63) is 0 Å². The van der Waals surface area contributed by atoms with Crippen LogP contribution in [0.2, 0.25) is 0 Å². The maximum Gasteiger partial charge on any atom is 0.0220 e. The van der Waals surface area contributed by atoms with E-state index >= 15 is 0 Å². The molecule has 0 aliphatic carbocycles. The Morgan fingerprint density at radius 1 is 1.18 bits per heavy atom. The number of nitrogens with one attached hydrogen (secondary N) is 1. The second-order valence-electron chi connectivity index (χ2n) is 5.55. The van der Waals surface area contributed by atoms with Crippen molar-refractivity contribution in [2.24, 2.45) is 5.92 Å². The predicted molar refractivity (Wildman–Crippen MR) is 76.4 cm³/mol. The summed E-state index contributed by atoms with van der Waals surface area (Å²) in [4.78, 5) is 2.71. The zero-order valence-corrected chi connectivity index (χ0v) is 12.3. The van der Waals surface area contributed by atoms with Gasteiger partial charge in [0, 0.05) is 12.1 Å². The Morgan fingerprint density at radius 3 is 2.53 bits per heavy atom. The summed E-state index contributed by atoms with van der Waals surface area (Å²) in [6, 6.07) is 1.36. The van der Waals surface area contributed by atoms with Gasteiger partial charge in [-0.1, -0.05) is 27.2 Å². The summed E-state index contributed by atoms with van der Waals surface area (Å²) in [5, 5.41) is 3.63. The van der Waals surface area contributed by atoms with Crippen LogP contribution >= 0.6 is 0 Å². The SMILES string of the molecule is CCNC(CC)C(C)N1CCCC(CC)CC1. The van der Waals surface area contributed by atoms with Crippen LogP contribution in [-0.2, 0) is 0 Å². The first-order chi connectivity index (χ1) is 8.22. The minimum absolute atomic E-state index is 0.665. The van der Waals surface area contributed by atoms with Crippen LogP contribution in [-0.4, -0.2) is 36.6 Å². The van der Waals surface area contributed by atoms with Gasteiger partial charge in [0.1, 0.15) is 0 Å². The van der Waals surface area contributed by atoms with Gasteiger partial charge in [-0.2, -0.15) is 0 Å². The number of hydrogen-bond donors (Lipinski definition) is 1.